The lowest BCUT2D eigenvalue weighted by atomic mass is 9.81. The first kappa shape index (κ1) is 24.6. The molecule has 0 aromatic heterocycles. The molecule has 8 nitrogen and oxygen atoms in total. The SMILES string of the molecule is COCO[C@H]1C(COC(=O)C2CCCCC2)=C[C@H]2O[C@](C)(OC)[C@@](C)(OC)O[C@@H]2[C@@H]1C. The first-order valence-corrected chi connectivity index (χ1v) is 11.2. The minimum absolute atomic E-state index is 0.00471. The predicted octanol–water partition coefficient (Wildman–Crippen LogP) is 3.18. The van der Waals surface area contributed by atoms with Crippen molar-refractivity contribution in [2.45, 2.75) is 82.8 Å². The molecule has 1 aliphatic heterocycles. The second kappa shape index (κ2) is 10.3. The van der Waals surface area contributed by atoms with Crippen LogP contribution >= 0.6 is 0 Å². The Morgan fingerprint density at radius 1 is 1.06 bits per heavy atom. The molecule has 8 heteroatoms. The lowest BCUT2D eigenvalue weighted by Crippen LogP contribution is -2.67. The monoisotopic (exact) mass is 442 g/mol. The molecule has 0 amide bonds. The van der Waals surface area contributed by atoms with Gasteiger partial charge in [-0.3, -0.25) is 4.79 Å². The van der Waals surface area contributed by atoms with E-state index in [1.165, 1.54) is 6.42 Å². The van der Waals surface area contributed by atoms with Gasteiger partial charge in [0, 0.05) is 27.2 Å². The van der Waals surface area contributed by atoms with Gasteiger partial charge in [-0.25, -0.2) is 0 Å². The van der Waals surface area contributed by atoms with Crippen molar-refractivity contribution in [3.63, 3.8) is 0 Å². The van der Waals surface area contributed by atoms with Gasteiger partial charge < -0.3 is 33.2 Å². The van der Waals surface area contributed by atoms with Gasteiger partial charge in [-0.15, -0.1) is 0 Å². The van der Waals surface area contributed by atoms with Gasteiger partial charge in [0.25, 0.3) is 0 Å². The van der Waals surface area contributed by atoms with Gasteiger partial charge in [0.05, 0.1) is 18.1 Å². The van der Waals surface area contributed by atoms with E-state index in [9.17, 15) is 4.79 Å². The molecule has 3 rings (SSSR count). The Balaban J connectivity index is 1.79. The summed E-state index contributed by atoms with van der Waals surface area (Å²) in [6.07, 6.45) is 6.05. The summed E-state index contributed by atoms with van der Waals surface area (Å²) < 4.78 is 40.8. The van der Waals surface area contributed by atoms with Crippen LogP contribution in [0.5, 0.6) is 0 Å². The summed E-state index contributed by atoms with van der Waals surface area (Å²) in [5.41, 5.74) is 0.845. The summed E-state index contributed by atoms with van der Waals surface area (Å²) in [5, 5.41) is 0. The fraction of sp³-hybridized carbons (Fsp3) is 0.870. The van der Waals surface area contributed by atoms with Crippen molar-refractivity contribution in [1.82, 2.24) is 0 Å². The molecule has 1 saturated carbocycles. The van der Waals surface area contributed by atoms with Gasteiger partial charge in [0.15, 0.2) is 0 Å². The summed E-state index contributed by atoms with van der Waals surface area (Å²) in [6, 6.07) is 0. The van der Waals surface area contributed by atoms with Crippen LogP contribution in [-0.2, 0) is 38.0 Å². The third kappa shape index (κ3) is 4.99. The van der Waals surface area contributed by atoms with Gasteiger partial charge >= 0.3 is 5.97 Å². The van der Waals surface area contributed by atoms with Crippen LogP contribution in [0.4, 0.5) is 0 Å². The fourth-order valence-electron chi connectivity index (χ4n) is 4.83. The standard InChI is InChI=1S/C23H38O8/c1-15-19(29-14-25-4)17(13-28-21(24)16-10-8-7-9-11-16)12-18-20(15)31-23(3,27-6)22(2,26-5)30-18/h12,15-16,18-20H,7-11,13-14H2,1-6H3/t15-,18-,19-,20-,22+,23+/m1/s1. The molecule has 0 unspecified atom stereocenters. The van der Waals surface area contributed by atoms with Crippen LogP contribution in [0.15, 0.2) is 11.6 Å². The zero-order valence-corrected chi connectivity index (χ0v) is 19.7. The Morgan fingerprint density at radius 2 is 1.71 bits per heavy atom. The molecule has 0 N–H and O–H groups in total. The molecule has 0 bridgehead atoms. The minimum Gasteiger partial charge on any atom is -0.461 e. The number of methoxy groups -OCH3 is 3. The van der Waals surface area contributed by atoms with Crippen LogP contribution in [0.3, 0.4) is 0 Å². The molecule has 0 spiro atoms. The summed E-state index contributed by atoms with van der Waals surface area (Å²) in [6.45, 7) is 5.91. The third-order valence-electron chi connectivity index (χ3n) is 7.07. The van der Waals surface area contributed by atoms with Crippen molar-refractivity contribution < 1.29 is 38.0 Å². The molecule has 1 heterocycles. The van der Waals surface area contributed by atoms with Crippen LogP contribution in [-0.4, -0.2) is 70.6 Å². The van der Waals surface area contributed by atoms with E-state index in [2.05, 4.69) is 0 Å². The number of carbonyl (C=O) groups is 1. The average Bonchev–Trinajstić information content (AvgIpc) is 2.79. The van der Waals surface area contributed by atoms with Crippen LogP contribution in [0, 0.1) is 11.8 Å². The lowest BCUT2D eigenvalue weighted by Gasteiger charge is -2.54. The molecule has 178 valence electrons. The molecule has 0 aromatic carbocycles. The topological polar surface area (TPSA) is 81.7 Å². The highest BCUT2D eigenvalue weighted by atomic mass is 16.8. The highest BCUT2D eigenvalue weighted by molar-refractivity contribution is 5.72. The first-order chi connectivity index (χ1) is 14.8. The Kier molecular flexibility index (Phi) is 8.16. The summed E-state index contributed by atoms with van der Waals surface area (Å²) in [4.78, 5) is 12.6. The van der Waals surface area contributed by atoms with Crippen molar-refractivity contribution >= 4 is 5.97 Å². The van der Waals surface area contributed by atoms with E-state index >= 15 is 0 Å². The summed E-state index contributed by atoms with van der Waals surface area (Å²) in [5.74, 6) is -2.43. The third-order valence-corrected chi connectivity index (χ3v) is 7.07. The minimum atomic E-state index is -1.11. The molecule has 6 atom stereocenters. The second-order valence-corrected chi connectivity index (χ2v) is 9.00. The maximum Gasteiger partial charge on any atom is 0.309 e. The maximum absolute atomic E-state index is 12.6. The van der Waals surface area contributed by atoms with Crippen LogP contribution in [0.1, 0.15) is 52.9 Å². The highest BCUT2D eigenvalue weighted by Gasteiger charge is 2.59. The molecule has 2 fully saturated rings. The molecule has 0 aromatic rings. The fourth-order valence-corrected chi connectivity index (χ4v) is 4.83. The normalized spacial score (nSPS) is 39.0. The smallest absolute Gasteiger partial charge is 0.309 e. The number of fused-ring (bicyclic) bond motifs is 1. The van der Waals surface area contributed by atoms with Crippen LogP contribution in [0.2, 0.25) is 0 Å². The van der Waals surface area contributed by atoms with E-state index < -0.39 is 17.7 Å². The summed E-state index contributed by atoms with van der Waals surface area (Å²) in [7, 11) is 4.71. The molecular formula is C23H38O8. The molecule has 31 heavy (non-hydrogen) atoms. The van der Waals surface area contributed by atoms with E-state index in [4.69, 9.17) is 33.2 Å². The zero-order valence-electron chi connectivity index (χ0n) is 19.7. The summed E-state index contributed by atoms with van der Waals surface area (Å²) >= 11 is 0. The van der Waals surface area contributed by atoms with Gasteiger partial charge in [0.1, 0.15) is 19.5 Å². The number of carbonyl (C=O) groups excluding carboxylic acids is 1. The predicted molar refractivity (Wildman–Crippen MR) is 112 cm³/mol. The number of ether oxygens (including phenoxy) is 7. The van der Waals surface area contributed by atoms with Crippen molar-refractivity contribution in [2.24, 2.45) is 11.8 Å². The van der Waals surface area contributed by atoms with Crippen LogP contribution in [0.25, 0.3) is 0 Å². The van der Waals surface area contributed by atoms with E-state index in [-0.39, 0.29) is 43.4 Å². The van der Waals surface area contributed by atoms with E-state index in [0.29, 0.717) is 0 Å². The maximum atomic E-state index is 12.6. The first-order valence-electron chi connectivity index (χ1n) is 11.2. The number of hydrogen-bond acceptors (Lipinski definition) is 8. The van der Waals surface area contributed by atoms with Crippen molar-refractivity contribution in [3.05, 3.63) is 11.6 Å². The van der Waals surface area contributed by atoms with E-state index in [0.717, 1.165) is 31.3 Å². The largest absolute Gasteiger partial charge is 0.461 e. The molecule has 1 saturated heterocycles. The Bertz CT molecular complexity index is 645. The van der Waals surface area contributed by atoms with Crippen molar-refractivity contribution in [2.75, 3.05) is 34.7 Å². The van der Waals surface area contributed by atoms with Gasteiger partial charge in [-0.05, 0) is 38.3 Å². The van der Waals surface area contributed by atoms with Crippen LogP contribution < -0.4 is 0 Å². The molecular weight excluding hydrogens is 404 g/mol. The van der Waals surface area contributed by atoms with Gasteiger partial charge in [0.2, 0.25) is 11.6 Å². The number of esters is 1. The van der Waals surface area contributed by atoms with Gasteiger partial charge in [-0.2, -0.15) is 0 Å². The van der Waals surface area contributed by atoms with Crippen molar-refractivity contribution in [1.29, 1.82) is 0 Å². The quantitative estimate of drug-likeness (QED) is 0.322. The Morgan fingerprint density at radius 3 is 2.32 bits per heavy atom. The highest BCUT2D eigenvalue weighted by Crippen LogP contribution is 2.45. The zero-order chi connectivity index (χ0) is 22.6. The molecule has 0 radical (unpaired) electrons. The number of hydrogen-bond donors (Lipinski definition) is 0. The second-order valence-electron chi connectivity index (χ2n) is 9.00. The van der Waals surface area contributed by atoms with E-state index in [1.807, 2.05) is 13.0 Å². The average molecular weight is 443 g/mol. The van der Waals surface area contributed by atoms with Gasteiger partial charge in [-0.1, -0.05) is 26.2 Å². The van der Waals surface area contributed by atoms with E-state index in [1.54, 1.807) is 35.2 Å². The lowest BCUT2D eigenvalue weighted by molar-refractivity contribution is -0.449. The molecule has 2 aliphatic carbocycles. The molecule has 3 aliphatic rings. The van der Waals surface area contributed by atoms with Crippen molar-refractivity contribution in [3.8, 4) is 0 Å². The Labute approximate surface area is 185 Å². The number of rotatable bonds is 8. The Hall–Kier alpha value is -1.03.